The molecule has 1 aromatic heterocycles. The largest absolute Gasteiger partial charge is 0.378 e. The van der Waals surface area contributed by atoms with E-state index in [9.17, 15) is 9.18 Å². The lowest BCUT2D eigenvalue weighted by Gasteiger charge is -2.28. The van der Waals surface area contributed by atoms with Gasteiger partial charge in [0.1, 0.15) is 5.82 Å². The Kier molecular flexibility index (Phi) is 6.99. The molecule has 33 heavy (non-hydrogen) atoms. The van der Waals surface area contributed by atoms with Crippen molar-refractivity contribution >= 4 is 29.3 Å². The van der Waals surface area contributed by atoms with Crippen molar-refractivity contribution in [3.05, 3.63) is 58.9 Å². The average Bonchev–Trinajstić information content (AvgIpc) is 3.20. The van der Waals surface area contributed by atoms with Crippen LogP contribution >= 0.6 is 11.8 Å². The zero-order chi connectivity index (χ0) is 23.5. The SMILES string of the molecule is Cc1cc(C)c(NC(=O)C(C)Sc2nnc(N3CCOCC3)n2-c2cccc(F)c2)c(C)c1. The van der Waals surface area contributed by atoms with E-state index in [4.69, 9.17) is 4.74 Å². The van der Waals surface area contributed by atoms with E-state index in [-0.39, 0.29) is 11.7 Å². The number of amides is 1. The first-order valence-corrected chi connectivity index (χ1v) is 11.8. The van der Waals surface area contributed by atoms with Gasteiger partial charge in [-0.25, -0.2) is 4.39 Å². The van der Waals surface area contributed by atoms with E-state index in [1.54, 1.807) is 6.07 Å². The van der Waals surface area contributed by atoms with Gasteiger partial charge in [-0.05, 0) is 57.0 Å². The first-order valence-electron chi connectivity index (χ1n) is 10.9. The van der Waals surface area contributed by atoms with E-state index in [2.05, 4.69) is 32.5 Å². The number of anilines is 2. The van der Waals surface area contributed by atoms with Crippen LogP contribution in [-0.2, 0) is 9.53 Å². The van der Waals surface area contributed by atoms with Crippen LogP contribution in [0.25, 0.3) is 5.69 Å². The van der Waals surface area contributed by atoms with E-state index in [1.165, 1.54) is 23.9 Å². The monoisotopic (exact) mass is 469 g/mol. The van der Waals surface area contributed by atoms with Gasteiger partial charge in [-0.1, -0.05) is 35.5 Å². The second-order valence-corrected chi connectivity index (χ2v) is 9.53. The Morgan fingerprint density at radius 1 is 1.12 bits per heavy atom. The highest BCUT2D eigenvalue weighted by atomic mass is 32.2. The maximum absolute atomic E-state index is 14.0. The smallest absolute Gasteiger partial charge is 0.237 e. The number of hydrogen-bond donors (Lipinski definition) is 1. The van der Waals surface area contributed by atoms with Crippen molar-refractivity contribution in [2.45, 2.75) is 38.1 Å². The Morgan fingerprint density at radius 3 is 2.48 bits per heavy atom. The molecule has 1 atom stereocenters. The van der Waals surface area contributed by atoms with Crippen LogP contribution < -0.4 is 10.2 Å². The van der Waals surface area contributed by atoms with Gasteiger partial charge in [-0.2, -0.15) is 0 Å². The Morgan fingerprint density at radius 2 is 1.82 bits per heavy atom. The summed E-state index contributed by atoms with van der Waals surface area (Å²) >= 11 is 1.29. The summed E-state index contributed by atoms with van der Waals surface area (Å²) in [5.74, 6) is 0.141. The lowest BCUT2D eigenvalue weighted by atomic mass is 10.1. The van der Waals surface area contributed by atoms with Crippen LogP contribution in [0.3, 0.4) is 0 Å². The molecule has 1 fully saturated rings. The van der Waals surface area contributed by atoms with Crippen LogP contribution in [0, 0.1) is 26.6 Å². The minimum absolute atomic E-state index is 0.128. The quantitative estimate of drug-likeness (QED) is 0.543. The summed E-state index contributed by atoms with van der Waals surface area (Å²) in [4.78, 5) is 15.1. The molecule has 0 radical (unpaired) electrons. The lowest BCUT2D eigenvalue weighted by Crippen LogP contribution is -2.38. The van der Waals surface area contributed by atoms with Crippen molar-refractivity contribution in [3.63, 3.8) is 0 Å². The van der Waals surface area contributed by atoms with Crippen LogP contribution in [-0.4, -0.2) is 52.2 Å². The van der Waals surface area contributed by atoms with Crippen LogP contribution in [0.15, 0.2) is 41.6 Å². The number of nitrogens with zero attached hydrogens (tertiary/aromatic N) is 4. The molecular weight excluding hydrogens is 441 g/mol. The van der Waals surface area contributed by atoms with E-state index >= 15 is 0 Å². The van der Waals surface area contributed by atoms with Gasteiger partial charge >= 0.3 is 0 Å². The lowest BCUT2D eigenvalue weighted by molar-refractivity contribution is -0.115. The summed E-state index contributed by atoms with van der Waals surface area (Å²) in [5.41, 5.74) is 4.65. The zero-order valence-electron chi connectivity index (χ0n) is 19.3. The van der Waals surface area contributed by atoms with Crippen molar-refractivity contribution in [1.29, 1.82) is 0 Å². The van der Waals surface area contributed by atoms with Gasteiger partial charge in [0.05, 0.1) is 24.2 Å². The molecule has 1 saturated heterocycles. The number of morpholine rings is 1. The van der Waals surface area contributed by atoms with Crippen molar-refractivity contribution in [2.24, 2.45) is 0 Å². The van der Waals surface area contributed by atoms with Crippen LogP contribution in [0.2, 0.25) is 0 Å². The summed E-state index contributed by atoms with van der Waals surface area (Å²) < 4.78 is 21.3. The molecule has 1 aliphatic rings. The minimum atomic E-state index is -0.445. The van der Waals surface area contributed by atoms with Gasteiger partial charge in [0.25, 0.3) is 0 Å². The van der Waals surface area contributed by atoms with Gasteiger partial charge in [-0.15, -0.1) is 10.2 Å². The number of hydrogen-bond acceptors (Lipinski definition) is 6. The Balaban J connectivity index is 1.61. The third-order valence-corrected chi connectivity index (χ3v) is 6.60. The molecule has 7 nitrogen and oxygen atoms in total. The highest BCUT2D eigenvalue weighted by molar-refractivity contribution is 8.00. The number of thioether (sulfide) groups is 1. The summed E-state index contributed by atoms with van der Waals surface area (Å²) in [6.45, 7) is 10.4. The highest BCUT2D eigenvalue weighted by Gasteiger charge is 2.25. The molecule has 9 heteroatoms. The molecule has 2 aromatic carbocycles. The number of nitrogens with one attached hydrogen (secondary N) is 1. The first kappa shape index (κ1) is 23.3. The maximum Gasteiger partial charge on any atom is 0.237 e. The van der Waals surface area contributed by atoms with Crippen molar-refractivity contribution in [2.75, 3.05) is 36.5 Å². The van der Waals surface area contributed by atoms with Crippen molar-refractivity contribution in [1.82, 2.24) is 14.8 Å². The fourth-order valence-corrected chi connectivity index (χ4v) is 4.82. The van der Waals surface area contributed by atoms with Crippen LogP contribution in [0.4, 0.5) is 16.0 Å². The summed E-state index contributed by atoms with van der Waals surface area (Å²) in [6.07, 6.45) is 0. The second-order valence-electron chi connectivity index (χ2n) is 8.22. The fourth-order valence-electron chi connectivity index (χ4n) is 3.96. The number of carbonyl (C=O) groups is 1. The Bertz CT molecular complexity index is 1140. The van der Waals surface area contributed by atoms with E-state index < -0.39 is 5.25 Å². The number of benzene rings is 2. The molecule has 1 aliphatic heterocycles. The molecule has 0 spiro atoms. The topological polar surface area (TPSA) is 72.3 Å². The molecule has 0 saturated carbocycles. The minimum Gasteiger partial charge on any atom is -0.378 e. The fraction of sp³-hybridized carbons (Fsp3) is 0.375. The molecule has 0 aliphatic carbocycles. The van der Waals surface area contributed by atoms with Gasteiger partial charge in [0.2, 0.25) is 11.9 Å². The van der Waals surface area contributed by atoms with Gasteiger partial charge in [0.15, 0.2) is 5.16 Å². The molecule has 1 unspecified atom stereocenters. The van der Waals surface area contributed by atoms with E-state index in [1.807, 2.05) is 38.3 Å². The molecule has 3 aromatic rings. The third kappa shape index (κ3) is 5.20. The Labute approximate surface area is 197 Å². The Hall–Kier alpha value is -2.91. The first-order chi connectivity index (χ1) is 15.8. The van der Waals surface area contributed by atoms with Crippen molar-refractivity contribution in [3.8, 4) is 5.69 Å². The van der Waals surface area contributed by atoms with Crippen LogP contribution in [0.1, 0.15) is 23.6 Å². The third-order valence-electron chi connectivity index (χ3n) is 5.55. The number of ether oxygens (including phenoxy) is 1. The number of rotatable bonds is 6. The van der Waals surface area contributed by atoms with Gasteiger partial charge < -0.3 is 15.0 Å². The van der Waals surface area contributed by atoms with E-state index in [0.29, 0.717) is 43.1 Å². The van der Waals surface area contributed by atoms with Gasteiger partial charge in [0, 0.05) is 18.8 Å². The zero-order valence-corrected chi connectivity index (χ0v) is 20.1. The molecule has 4 rings (SSSR count). The number of carbonyl (C=O) groups excluding carboxylic acids is 1. The van der Waals surface area contributed by atoms with Gasteiger partial charge in [-0.3, -0.25) is 9.36 Å². The second kappa shape index (κ2) is 9.93. The summed E-state index contributed by atoms with van der Waals surface area (Å²) in [7, 11) is 0. The average molecular weight is 470 g/mol. The molecular formula is C24H28FN5O2S. The summed E-state index contributed by atoms with van der Waals surface area (Å²) in [6, 6.07) is 10.4. The van der Waals surface area contributed by atoms with Crippen molar-refractivity contribution < 1.29 is 13.9 Å². The summed E-state index contributed by atoms with van der Waals surface area (Å²) in [5, 5.41) is 11.9. The molecule has 1 N–H and O–H groups in total. The van der Waals surface area contributed by atoms with E-state index in [0.717, 1.165) is 22.4 Å². The molecule has 2 heterocycles. The van der Waals surface area contributed by atoms with Crippen LogP contribution in [0.5, 0.6) is 0 Å². The number of halogens is 1. The number of aromatic nitrogens is 3. The standard InChI is InChI=1S/C24H28FN5O2S/c1-15-12-16(2)21(17(3)13-15)26-22(31)18(4)33-24-28-27-23(29-8-10-32-11-9-29)30(24)20-7-5-6-19(25)14-20/h5-7,12-14,18H,8-11H2,1-4H3,(H,26,31). The molecule has 1 amide bonds. The number of aryl methyl sites for hydroxylation is 3. The predicted octanol–water partition coefficient (Wildman–Crippen LogP) is 4.29. The molecule has 174 valence electrons. The maximum atomic E-state index is 14.0. The predicted molar refractivity (Wildman–Crippen MR) is 129 cm³/mol. The molecule has 0 bridgehead atoms. The highest BCUT2D eigenvalue weighted by Crippen LogP contribution is 2.31. The normalized spacial score (nSPS) is 14.9.